The molecular weight excluding hydrogens is 388 g/mol. The number of carbonyl (C=O) groups is 1. The van der Waals surface area contributed by atoms with E-state index in [1.807, 2.05) is 6.07 Å². The number of aromatic nitrogens is 4. The number of fused-ring (bicyclic) bond motifs is 1. The number of aryl methyl sites for hydroxylation is 1. The molecule has 0 aliphatic carbocycles. The zero-order chi connectivity index (χ0) is 20.1. The van der Waals surface area contributed by atoms with Gasteiger partial charge in [0.2, 0.25) is 5.91 Å². The van der Waals surface area contributed by atoms with Gasteiger partial charge in [-0.25, -0.2) is 0 Å². The van der Waals surface area contributed by atoms with E-state index in [0.717, 1.165) is 38.9 Å². The molecule has 29 heavy (non-hydrogen) atoms. The molecule has 0 radical (unpaired) electrons. The molecule has 1 aliphatic heterocycles. The number of carbonyl (C=O) groups excluding carboxylic acids is 1. The summed E-state index contributed by atoms with van der Waals surface area (Å²) in [5.41, 5.74) is 1.97. The molecule has 8 heteroatoms. The lowest BCUT2D eigenvalue weighted by atomic mass is 10.1. The number of hydrogen-bond donors (Lipinski definition) is 1. The Hall–Kier alpha value is -2.51. The summed E-state index contributed by atoms with van der Waals surface area (Å²) in [4.78, 5) is 14.9. The minimum Gasteiger partial charge on any atom is -0.353 e. The molecule has 4 rings (SSSR count). The Morgan fingerprint density at radius 2 is 1.97 bits per heavy atom. The first-order valence-corrected chi connectivity index (χ1v) is 10.5. The predicted molar refractivity (Wildman–Crippen MR) is 112 cm³/mol. The van der Waals surface area contributed by atoms with Gasteiger partial charge in [-0.3, -0.25) is 9.69 Å². The zero-order valence-corrected chi connectivity index (χ0v) is 17.1. The number of benzene rings is 1. The topological polar surface area (TPSA) is 75.4 Å². The molecule has 1 amide bonds. The van der Waals surface area contributed by atoms with Gasteiger partial charge in [0, 0.05) is 32.0 Å². The van der Waals surface area contributed by atoms with Crippen molar-refractivity contribution in [2.45, 2.75) is 44.7 Å². The Kier molecular flexibility index (Phi) is 6.36. The molecule has 152 valence electrons. The van der Waals surface area contributed by atoms with Crippen molar-refractivity contribution in [3.05, 3.63) is 59.0 Å². The van der Waals surface area contributed by atoms with Crippen molar-refractivity contribution in [1.82, 2.24) is 30.0 Å². The Balaban J connectivity index is 1.26. The third-order valence-electron chi connectivity index (χ3n) is 5.31. The van der Waals surface area contributed by atoms with Crippen molar-refractivity contribution in [1.29, 1.82) is 0 Å². The smallest absolute Gasteiger partial charge is 0.220 e. The van der Waals surface area contributed by atoms with Crippen molar-refractivity contribution in [3.63, 3.8) is 0 Å². The average Bonchev–Trinajstić information content (AvgIpc) is 2.99. The van der Waals surface area contributed by atoms with E-state index in [-0.39, 0.29) is 11.9 Å². The number of nitrogens with one attached hydrogen (secondary N) is 1. The van der Waals surface area contributed by atoms with Gasteiger partial charge in [-0.1, -0.05) is 41.9 Å². The van der Waals surface area contributed by atoms with Crippen LogP contribution in [0.2, 0.25) is 5.15 Å². The molecule has 1 unspecified atom stereocenters. The van der Waals surface area contributed by atoms with Gasteiger partial charge >= 0.3 is 0 Å². The van der Waals surface area contributed by atoms with E-state index < -0.39 is 0 Å². The lowest BCUT2D eigenvalue weighted by Gasteiger charge is -2.20. The van der Waals surface area contributed by atoms with Crippen LogP contribution in [0.3, 0.4) is 0 Å². The Morgan fingerprint density at radius 1 is 1.10 bits per heavy atom. The molecule has 1 fully saturated rings. The Bertz CT molecular complexity index is 960. The maximum atomic E-state index is 12.5. The second-order valence-corrected chi connectivity index (χ2v) is 7.89. The summed E-state index contributed by atoms with van der Waals surface area (Å²) in [6.07, 6.45) is 3.92. The number of halogens is 1. The minimum absolute atomic E-state index is 0.0466. The van der Waals surface area contributed by atoms with E-state index in [2.05, 4.69) is 49.8 Å². The summed E-state index contributed by atoms with van der Waals surface area (Å²) in [6, 6.07) is 14.2. The van der Waals surface area contributed by atoms with E-state index in [1.54, 1.807) is 16.6 Å². The van der Waals surface area contributed by atoms with Crippen molar-refractivity contribution in [2.24, 2.45) is 0 Å². The number of rotatable bonds is 6. The molecule has 1 saturated heterocycles. The highest BCUT2D eigenvalue weighted by atomic mass is 35.5. The van der Waals surface area contributed by atoms with Crippen LogP contribution < -0.4 is 5.32 Å². The van der Waals surface area contributed by atoms with Crippen molar-refractivity contribution in [3.8, 4) is 0 Å². The maximum Gasteiger partial charge on any atom is 0.220 e. The van der Waals surface area contributed by atoms with E-state index in [9.17, 15) is 4.79 Å². The summed E-state index contributed by atoms with van der Waals surface area (Å²) in [6.45, 7) is 3.04. The molecule has 1 aromatic carbocycles. The average molecular weight is 413 g/mol. The fourth-order valence-corrected chi connectivity index (χ4v) is 3.93. The number of hydrogen-bond acceptors (Lipinski definition) is 5. The highest BCUT2D eigenvalue weighted by Crippen LogP contribution is 2.15. The first-order chi connectivity index (χ1) is 14.2. The zero-order valence-electron chi connectivity index (χ0n) is 16.3. The predicted octanol–water partition coefficient (Wildman–Crippen LogP) is 2.88. The summed E-state index contributed by atoms with van der Waals surface area (Å²) in [7, 11) is 0. The Morgan fingerprint density at radius 3 is 2.83 bits per heavy atom. The van der Waals surface area contributed by atoms with Crippen LogP contribution in [0, 0.1) is 0 Å². The van der Waals surface area contributed by atoms with Crippen LogP contribution in [0.25, 0.3) is 5.65 Å². The van der Waals surface area contributed by atoms with Gasteiger partial charge in [-0.15, -0.1) is 10.2 Å². The first kappa shape index (κ1) is 19.8. The molecule has 0 saturated carbocycles. The molecule has 2 aromatic heterocycles. The van der Waals surface area contributed by atoms with Crippen LogP contribution in [-0.4, -0.2) is 49.7 Å². The van der Waals surface area contributed by atoms with Crippen molar-refractivity contribution < 1.29 is 4.79 Å². The second kappa shape index (κ2) is 9.33. The number of likely N-dealkylation sites (tertiary alicyclic amines) is 1. The van der Waals surface area contributed by atoms with E-state index in [0.29, 0.717) is 29.5 Å². The van der Waals surface area contributed by atoms with Crippen LogP contribution in [0.1, 0.15) is 37.1 Å². The van der Waals surface area contributed by atoms with Crippen LogP contribution in [0.4, 0.5) is 0 Å². The lowest BCUT2D eigenvalue weighted by Crippen LogP contribution is -2.36. The third-order valence-corrected chi connectivity index (χ3v) is 5.51. The van der Waals surface area contributed by atoms with Gasteiger partial charge in [-0.2, -0.15) is 9.61 Å². The standard InChI is InChI=1S/C21H25ClN6O/c22-18-8-9-19-24-25-20(28(19)26-18)10-11-21(29)23-17-7-4-13-27(14-12-17)15-16-5-2-1-3-6-16/h1-3,5-6,8-9,17H,4,7,10-15H2,(H,23,29). The van der Waals surface area contributed by atoms with E-state index >= 15 is 0 Å². The summed E-state index contributed by atoms with van der Waals surface area (Å²) in [5.74, 6) is 0.692. The Labute approximate surface area is 175 Å². The summed E-state index contributed by atoms with van der Waals surface area (Å²) < 4.78 is 1.60. The molecule has 3 heterocycles. The fraction of sp³-hybridized carbons (Fsp3) is 0.429. The number of nitrogens with zero attached hydrogens (tertiary/aromatic N) is 5. The maximum absolute atomic E-state index is 12.5. The number of amides is 1. The summed E-state index contributed by atoms with van der Waals surface area (Å²) >= 11 is 5.95. The third kappa shape index (κ3) is 5.31. The normalized spacial score (nSPS) is 17.9. The first-order valence-electron chi connectivity index (χ1n) is 10.1. The molecule has 1 aliphatic rings. The van der Waals surface area contributed by atoms with Crippen LogP contribution in [0.5, 0.6) is 0 Å². The van der Waals surface area contributed by atoms with Gasteiger partial charge in [0.15, 0.2) is 11.5 Å². The SMILES string of the molecule is O=C(CCc1nnc2ccc(Cl)nn12)NC1CCCN(Cc2ccccc2)CC1. The van der Waals surface area contributed by atoms with Crippen LogP contribution in [-0.2, 0) is 17.8 Å². The van der Waals surface area contributed by atoms with Crippen LogP contribution in [0.15, 0.2) is 42.5 Å². The monoisotopic (exact) mass is 412 g/mol. The van der Waals surface area contributed by atoms with Gasteiger partial charge < -0.3 is 5.32 Å². The van der Waals surface area contributed by atoms with Crippen LogP contribution >= 0.6 is 11.6 Å². The highest BCUT2D eigenvalue weighted by Gasteiger charge is 2.19. The molecule has 0 spiro atoms. The second-order valence-electron chi connectivity index (χ2n) is 7.50. The highest BCUT2D eigenvalue weighted by molar-refractivity contribution is 6.29. The molecule has 3 aromatic rings. The minimum atomic E-state index is 0.0466. The molecule has 7 nitrogen and oxygen atoms in total. The molecule has 0 bridgehead atoms. The van der Waals surface area contributed by atoms with E-state index in [4.69, 9.17) is 11.6 Å². The van der Waals surface area contributed by atoms with Gasteiger partial charge in [0.05, 0.1) is 0 Å². The molecule has 1 atom stereocenters. The molecule has 1 N–H and O–H groups in total. The van der Waals surface area contributed by atoms with E-state index in [1.165, 1.54) is 5.56 Å². The molecular formula is C21H25ClN6O. The summed E-state index contributed by atoms with van der Waals surface area (Å²) in [5, 5.41) is 16.0. The quantitative estimate of drug-likeness (QED) is 0.673. The van der Waals surface area contributed by atoms with Gasteiger partial charge in [0.25, 0.3) is 0 Å². The van der Waals surface area contributed by atoms with Gasteiger partial charge in [0.1, 0.15) is 5.15 Å². The van der Waals surface area contributed by atoms with Crippen molar-refractivity contribution in [2.75, 3.05) is 13.1 Å². The largest absolute Gasteiger partial charge is 0.353 e. The fourth-order valence-electron chi connectivity index (χ4n) is 3.79. The lowest BCUT2D eigenvalue weighted by molar-refractivity contribution is -0.121. The van der Waals surface area contributed by atoms with Gasteiger partial charge in [-0.05, 0) is 43.5 Å². The van der Waals surface area contributed by atoms with Crippen molar-refractivity contribution >= 4 is 23.2 Å².